The Labute approximate surface area is 128 Å². The number of aryl methyl sites for hydroxylation is 1. The lowest BCUT2D eigenvalue weighted by Crippen LogP contribution is -2.14. The summed E-state index contributed by atoms with van der Waals surface area (Å²) in [5.74, 6) is -0.147. The molecule has 1 heterocycles. The molecule has 0 radical (unpaired) electrons. The summed E-state index contributed by atoms with van der Waals surface area (Å²) in [6, 6.07) is 9.48. The van der Waals surface area contributed by atoms with Gasteiger partial charge in [0.05, 0.1) is 0 Å². The Morgan fingerprint density at radius 2 is 1.81 bits per heavy atom. The average Bonchev–Trinajstić information content (AvgIpc) is 2.94. The Kier molecular flexibility index (Phi) is 5.11. The standard InChI is InChI=1S/C16H18N2O2S/c1-11-14(17-12(2)19)6-3-7-15(11)18-16(20)9-8-13-5-4-10-21-13/h3-7,10H,8-9H2,1-2H3,(H,17,19)(H,18,20). The molecule has 21 heavy (non-hydrogen) atoms. The first-order chi connectivity index (χ1) is 10.1. The van der Waals surface area contributed by atoms with Gasteiger partial charge in [-0.3, -0.25) is 9.59 Å². The maximum absolute atomic E-state index is 12.0. The first kappa shape index (κ1) is 15.3. The number of anilines is 2. The minimum Gasteiger partial charge on any atom is -0.326 e. The zero-order chi connectivity index (χ0) is 15.2. The van der Waals surface area contributed by atoms with E-state index in [1.165, 1.54) is 11.8 Å². The van der Waals surface area contributed by atoms with Gasteiger partial charge < -0.3 is 10.6 Å². The predicted octanol–water partition coefficient (Wildman–Crippen LogP) is 3.59. The van der Waals surface area contributed by atoms with Gasteiger partial charge in [0.25, 0.3) is 0 Å². The third-order valence-electron chi connectivity index (χ3n) is 3.10. The van der Waals surface area contributed by atoms with Crippen molar-refractivity contribution in [3.63, 3.8) is 0 Å². The summed E-state index contributed by atoms with van der Waals surface area (Å²) >= 11 is 1.66. The molecule has 0 bridgehead atoms. The van der Waals surface area contributed by atoms with Crippen molar-refractivity contribution < 1.29 is 9.59 Å². The van der Waals surface area contributed by atoms with Crippen molar-refractivity contribution in [2.75, 3.05) is 10.6 Å². The van der Waals surface area contributed by atoms with E-state index in [4.69, 9.17) is 0 Å². The Morgan fingerprint density at radius 3 is 2.43 bits per heavy atom. The molecule has 0 fully saturated rings. The van der Waals surface area contributed by atoms with Crippen molar-refractivity contribution in [3.8, 4) is 0 Å². The second-order valence-corrected chi connectivity index (χ2v) is 5.82. The highest BCUT2D eigenvalue weighted by atomic mass is 32.1. The molecule has 5 heteroatoms. The summed E-state index contributed by atoms with van der Waals surface area (Å²) in [6.07, 6.45) is 1.19. The Balaban J connectivity index is 1.98. The summed E-state index contributed by atoms with van der Waals surface area (Å²) in [6.45, 7) is 3.34. The Morgan fingerprint density at radius 1 is 1.10 bits per heavy atom. The van der Waals surface area contributed by atoms with Crippen molar-refractivity contribution in [2.45, 2.75) is 26.7 Å². The van der Waals surface area contributed by atoms with E-state index in [1.807, 2.05) is 42.6 Å². The summed E-state index contributed by atoms with van der Waals surface area (Å²) in [7, 11) is 0. The molecule has 0 aliphatic carbocycles. The molecule has 0 aliphatic rings. The molecule has 1 aromatic heterocycles. The second kappa shape index (κ2) is 7.04. The number of carbonyl (C=O) groups is 2. The average molecular weight is 302 g/mol. The highest BCUT2D eigenvalue weighted by Gasteiger charge is 2.09. The molecular weight excluding hydrogens is 284 g/mol. The Bertz CT molecular complexity index is 636. The number of thiophene rings is 1. The molecule has 1 aromatic carbocycles. The summed E-state index contributed by atoms with van der Waals surface area (Å²) in [4.78, 5) is 24.3. The fourth-order valence-electron chi connectivity index (χ4n) is 2.00. The lowest BCUT2D eigenvalue weighted by Gasteiger charge is -2.12. The van der Waals surface area contributed by atoms with E-state index in [0.29, 0.717) is 6.42 Å². The zero-order valence-electron chi connectivity index (χ0n) is 12.1. The van der Waals surface area contributed by atoms with Gasteiger partial charge in [-0.2, -0.15) is 0 Å². The molecule has 0 aliphatic heterocycles. The molecule has 0 atom stereocenters. The van der Waals surface area contributed by atoms with Crippen LogP contribution in [0.25, 0.3) is 0 Å². The van der Waals surface area contributed by atoms with E-state index in [1.54, 1.807) is 11.3 Å². The molecule has 0 saturated carbocycles. The first-order valence-electron chi connectivity index (χ1n) is 6.75. The highest BCUT2D eigenvalue weighted by molar-refractivity contribution is 7.09. The van der Waals surface area contributed by atoms with Gasteiger partial charge in [0.15, 0.2) is 0 Å². The fraction of sp³-hybridized carbons (Fsp3) is 0.250. The van der Waals surface area contributed by atoms with Gasteiger partial charge in [0.2, 0.25) is 11.8 Å². The molecule has 0 spiro atoms. The molecule has 2 rings (SSSR count). The summed E-state index contributed by atoms with van der Waals surface area (Å²) < 4.78 is 0. The maximum Gasteiger partial charge on any atom is 0.224 e. The van der Waals surface area contributed by atoms with Crippen LogP contribution in [0.4, 0.5) is 11.4 Å². The van der Waals surface area contributed by atoms with Crippen molar-refractivity contribution in [2.24, 2.45) is 0 Å². The lowest BCUT2D eigenvalue weighted by molar-refractivity contribution is -0.116. The van der Waals surface area contributed by atoms with Gasteiger partial charge in [-0.25, -0.2) is 0 Å². The zero-order valence-corrected chi connectivity index (χ0v) is 12.9. The van der Waals surface area contributed by atoms with Crippen LogP contribution in [0, 0.1) is 6.92 Å². The fourth-order valence-corrected chi connectivity index (χ4v) is 2.71. The number of benzene rings is 1. The van der Waals surface area contributed by atoms with Gasteiger partial charge >= 0.3 is 0 Å². The number of hydrogen-bond acceptors (Lipinski definition) is 3. The molecule has 2 amide bonds. The van der Waals surface area contributed by atoms with Crippen LogP contribution in [0.2, 0.25) is 0 Å². The molecule has 0 unspecified atom stereocenters. The molecule has 0 saturated heterocycles. The molecule has 110 valence electrons. The van der Waals surface area contributed by atoms with Gasteiger partial charge in [0.1, 0.15) is 0 Å². The number of amides is 2. The van der Waals surface area contributed by atoms with Crippen LogP contribution < -0.4 is 10.6 Å². The number of nitrogens with one attached hydrogen (secondary N) is 2. The van der Waals surface area contributed by atoms with Crippen molar-refractivity contribution in [1.82, 2.24) is 0 Å². The number of carbonyl (C=O) groups excluding carboxylic acids is 2. The van der Waals surface area contributed by atoms with E-state index in [0.717, 1.165) is 23.4 Å². The van der Waals surface area contributed by atoms with Crippen LogP contribution in [0.15, 0.2) is 35.7 Å². The monoisotopic (exact) mass is 302 g/mol. The van der Waals surface area contributed by atoms with E-state index in [-0.39, 0.29) is 11.8 Å². The molecule has 4 nitrogen and oxygen atoms in total. The van der Waals surface area contributed by atoms with Crippen LogP contribution in [0.1, 0.15) is 23.8 Å². The van der Waals surface area contributed by atoms with Crippen LogP contribution in [-0.4, -0.2) is 11.8 Å². The maximum atomic E-state index is 12.0. The van der Waals surface area contributed by atoms with Crippen molar-refractivity contribution in [1.29, 1.82) is 0 Å². The van der Waals surface area contributed by atoms with Crippen molar-refractivity contribution >= 4 is 34.5 Å². The van der Waals surface area contributed by atoms with Crippen molar-refractivity contribution in [3.05, 3.63) is 46.2 Å². The topological polar surface area (TPSA) is 58.2 Å². The third-order valence-corrected chi connectivity index (χ3v) is 4.03. The normalized spacial score (nSPS) is 10.2. The lowest BCUT2D eigenvalue weighted by atomic mass is 10.1. The van der Waals surface area contributed by atoms with E-state index >= 15 is 0 Å². The second-order valence-electron chi connectivity index (χ2n) is 4.79. The molecule has 2 N–H and O–H groups in total. The quantitative estimate of drug-likeness (QED) is 0.887. The SMILES string of the molecule is CC(=O)Nc1cccc(NC(=O)CCc2cccs2)c1C. The van der Waals surface area contributed by atoms with Crippen LogP contribution >= 0.6 is 11.3 Å². The third kappa shape index (κ3) is 4.43. The van der Waals surface area contributed by atoms with Gasteiger partial charge in [-0.05, 0) is 42.5 Å². The largest absolute Gasteiger partial charge is 0.326 e. The highest BCUT2D eigenvalue weighted by Crippen LogP contribution is 2.23. The Hall–Kier alpha value is -2.14. The van der Waals surface area contributed by atoms with Crippen LogP contribution in [0.5, 0.6) is 0 Å². The van der Waals surface area contributed by atoms with Gasteiger partial charge in [-0.15, -0.1) is 11.3 Å². The first-order valence-corrected chi connectivity index (χ1v) is 7.63. The van der Waals surface area contributed by atoms with E-state index in [2.05, 4.69) is 10.6 Å². The number of hydrogen-bond donors (Lipinski definition) is 2. The minimum atomic E-state index is -0.126. The number of rotatable bonds is 5. The smallest absolute Gasteiger partial charge is 0.224 e. The van der Waals surface area contributed by atoms with E-state index < -0.39 is 0 Å². The van der Waals surface area contributed by atoms with Gasteiger partial charge in [0, 0.05) is 29.6 Å². The van der Waals surface area contributed by atoms with Gasteiger partial charge in [-0.1, -0.05) is 12.1 Å². The summed E-state index contributed by atoms with van der Waals surface area (Å²) in [5, 5.41) is 7.66. The van der Waals surface area contributed by atoms with E-state index in [9.17, 15) is 9.59 Å². The molecular formula is C16H18N2O2S. The predicted molar refractivity (Wildman–Crippen MR) is 86.8 cm³/mol. The van der Waals surface area contributed by atoms with Crippen LogP contribution in [0.3, 0.4) is 0 Å². The minimum absolute atomic E-state index is 0.0218. The molecule has 2 aromatic rings. The summed E-state index contributed by atoms with van der Waals surface area (Å²) in [5.41, 5.74) is 2.31. The van der Waals surface area contributed by atoms with Crippen LogP contribution in [-0.2, 0) is 16.0 Å².